The molecule has 9 heteroatoms. The number of carbonyl (C=O) groups excluding carboxylic acids is 1. The molecule has 1 amide bonds. The topological polar surface area (TPSA) is 106 Å². The fourth-order valence-electron chi connectivity index (χ4n) is 4.03. The van der Waals surface area contributed by atoms with E-state index in [0.29, 0.717) is 30.8 Å². The number of carbonyl (C=O) groups is 1. The number of amides is 1. The number of rotatable bonds is 7. The summed E-state index contributed by atoms with van der Waals surface area (Å²) >= 11 is 0. The molecule has 0 bridgehead atoms. The van der Waals surface area contributed by atoms with Gasteiger partial charge in [-0.1, -0.05) is 41.1 Å². The Morgan fingerprint density at radius 3 is 2.44 bits per heavy atom. The third-order valence-electron chi connectivity index (χ3n) is 5.99. The number of hydrogen-bond acceptors (Lipinski definition) is 6. The lowest BCUT2D eigenvalue weighted by Gasteiger charge is -2.30. The van der Waals surface area contributed by atoms with Gasteiger partial charge in [0, 0.05) is 19.0 Å². The van der Waals surface area contributed by atoms with Crippen LogP contribution < -0.4 is 5.32 Å². The van der Waals surface area contributed by atoms with Crippen molar-refractivity contribution >= 4 is 28.1 Å². The van der Waals surface area contributed by atoms with Gasteiger partial charge in [-0.05, 0) is 57.4 Å². The average Bonchev–Trinajstić information content (AvgIpc) is 3.42. The van der Waals surface area contributed by atoms with Gasteiger partial charge in [-0.15, -0.1) is 0 Å². The molecule has 1 saturated heterocycles. The number of benzene rings is 1. The Labute approximate surface area is 199 Å². The highest BCUT2D eigenvalue weighted by Gasteiger charge is 2.35. The molecular formula is C25H29N3O5S. The van der Waals surface area contributed by atoms with Gasteiger partial charge >= 0.3 is 0 Å². The summed E-state index contributed by atoms with van der Waals surface area (Å²) in [5, 5.41) is 6.78. The second-order valence-corrected chi connectivity index (χ2v) is 10.5. The molecule has 0 aliphatic carbocycles. The molecule has 3 heterocycles. The van der Waals surface area contributed by atoms with E-state index in [4.69, 9.17) is 8.94 Å². The Bertz CT molecular complexity index is 1280. The van der Waals surface area contributed by atoms with Crippen LogP contribution in [0.4, 0.5) is 0 Å². The second-order valence-electron chi connectivity index (χ2n) is 8.61. The van der Waals surface area contributed by atoms with Crippen LogP contribution in [0.1, 0.15) is 46.9 Å². The van der Waals surface area contributed by atoms with Gasteiger partial charge in [0.15, 0.2) is 10.7 Å². The molecule has 0 spiro atoms. The Hall–Kier alpha value is -3.17. The number of nitrogens with one attached hydrogen (secondary N) is 1. The predicted octanol–water partition coefficient (Wildman–Crippen LogP) is 4.08. The van der Waals surface area contributed by atoms with Crippen molar-refractivity contribution in [3.05, 3.63) is 70.5 Å². The molecule has 0 saturated carbocycles. The SMILES string of the molecule is Cc1ccc(/C=C/c2onc(C)c2S(=O)(=O)N2CCC(C(=O)NCc3ccc(C)o3)CC2)cc1. The van der Waals surface area contributed by atoms with Crippen molar-refractivity contribution in [3.63, 3.8) is 0 Å². The van der Waals surface area contributed by atoms with Crippen molar-refractivity contribution in [2.75, 3.05) is 13.1 Å². The molecular weight excluding hydrogens is 454 g/mol. The number of nitrogens with zero attached hydrogens (tertiary/aromatic N) is 2. The first-order chi connectivity index (χ1) is 16.2. The van der Waals surface area contributed by atoms with Crippen molar-refractivity contribution in [2.45, 2.75) is 45.1 Å². The summed E-state index contributed by atoms with van der Waals surface area (Å²) in [6.45, 7) is 6.31. The average molecular weight is 484 g/mol. The van der Waals surface area contributed by atoms with Crippen LogP contribution in [-0.2, 0) is 21.4 Å². The minimum atomic E-state index is -3.81. The molecule has 3 aromatic rings. The highest BCUT2D eigenvalue weighted by atomic mass is 32.2. The van der Waals surface area contributed by atoms with Crippen molar-refractivity contribution < 1.29 is 22.2 Å². The Balaban J connectivity index is 1.41. The first kappa shape index (κ1) is 24.0. The quantitative estimate of drug-likeness (QED) is 0.543. The molecule has 0 radical (unpaired) electrons. The summed E-state index contributed by atoms with van der Waals surface area (Å²) in [5.74, 6) is 1.35. The monoisotopic (exact) mass is 483 g/mol. The number of aryl methyl sites for hydroxylation is 3. The molecule has 2 aromatic heterocycles. The second kappa shape index (κ2) is 9.99. The minimum absolute atomic E-state index is 0.0759. The summed E-state index contributed by atoms with van der Waals surface area (Å²) in [7, 11) is -3.81. The molecule has 8 nitrogen and oxygen atoms in total. The largest absolute Gasteiger partial charge is 0.465 e. The van der Waals surface area contributed by atoms with E-state index in [1.54, 1.807) is 19.1 Å². The Morgan fingerprint density at radius 1 is 1.09 bits per heavy atom. The lowest BCUT2D eigenvalue weighted by atomic mass is 9.97. The zero-order valence-electron chi connectivity index (χ0n) is 19.6. The summed E-state index contributed by atoms with van der Waals surface area (Å²) in [4.78, 5) is 12.6. The highest BCUT2D eigenvalue weighted by Crippen LogP contribution is 2.29. The smallest absolute Gasteiger partial charge is 0.248 e. The maximum atomic E-state index is 13.4. The molecule has 180 valence electrons. The van der Waals surface area contributed by atoms with E-state index in [0.717, 1.165) is 16.9 Å². The van der Waals surface area contributed by atoms with E-state index in [1.165, 1.54) is 4.31 Å². The van der Waals surface area contributed by atoms with Gasteiger partial charge in [0.25, 0.3) is 0 Å². The summed E-state index contributed by atoms with van der Waals surface area (Å²) in [6, 6.07) is 11.6. The molecule has 1 fully saturated rings. The van der Waals surface area contributed by atoms with Gasteiger partial charge in [-0.2, -0.15) is 4.31 Å². The molecule has 1 aliphatic rings. The Kier molecular flexibility index (Phi) is 7.04. The number of sulfonamides is 1. The maximum absolute atomic E-state index is 13.4. The third-order valence-corrected chi connectivity index (χ3v) is 8.05. The molecule has 0 unspecified atom stereocenters. The predicted molar refractivity (Wildman–Crippen MR) is 128 cm³/mol. The fraction of sp³-hybridized carbons (Fsp3) is 0.360. The molecule has 34 heavy (non-hydrogen) atoms. The molecule has 1 aromatic carbocycles. The lowest BCUT2D eigenvalue weighted by molar-refractivity contribution is -0.126. The first-order valence-electron chi connectivity index (χ1n) is 11.3. The van der Waals surface area contributed by atoms with Crippen LogP contribution in [0.25, 0.3) is 12.2 Å². The zero-order chi connectivity index (χ0) is 24.3. The van der Waals surface area contributed by atoms with Crippen molar-refractivity contribution in [1.82, 2.24) is 14.8 Å². The summed E-state index contributed by atoms with van der Waals surface area (Å²) in [5.41, 5.74) is 2.39. The van der Waals surface area contributed by atoms with E-state index in [2.05, 4.69) is 10.5 Å². The van der Waals surface area contributed by atoms with Gasteiger partial charge in [0.05, 0.1) is 6.54 Å². The number of hydrogen-bond donors (Lipinski definition) is 1. The van der Waals surface area contributed by atoms with Crippen LogP contribution in [-0.4, -0.2) is 36.9 Å². The minimum Gasteiger partial charge on any atom is -0.465 e. The van der Waals surface area contributed by atoms with Crippen LogP contribution in [0.15, 0.2) is 50.2 Å². The molecule has 4 rings (SSSR count). The van der Waals surface area contributed by atoms with Gasteiger partial charge in [0.1, 0.15) is 17.2 Å². The number of piperidine rings is 1. The first-order valence-corrected chi connectivity index (χ1v) is 12.7. The lowest BCUT2D eigenvalue weighted by Crippen LogP contribution is -2.43. The highest BCUT2D eigenvalue weighted by molar-refractivity contribution is 7.89. The summed E-state index contributed by atoms with van der Waals surface area (Å²) < 4.78 is 39.1. The van der Waals surface area contributed by atoms with E-state index in [9.17, 15) is 13.2 Å². The van der Waals surface area contributed by atoms with E-state index < -0.39 is 10.0 Å². The fourth-order valence-corrected chi connectivity index (χ4v) is 5.75. The van der Waals surface area contributed by atoms with Crippen LogP contribution in [0.5, 0.6) is 0 Å². The standard InChI is InChI=1S/C25H29N3O5S/c1-17-4-7-20(8-5-17)9-11-23-24(19(3)27-33-23)34(30,31)28-14-12-21(13-15-28)25(29)26-16-22-10-6-18(2)32-22/h4-11,21H,12-16H2,1-3H3,(H,26,29)/b11-9+. The third kappa shape index (κ3) is 5.31. The van der Waals surface area contributed by atoms with Crippen LogP contribution in [0, 0.1) is 26.7 Å². The zero-order valence-corrected chi connectivity index (χ0v) is 20.4. The number of furan rings is 1. The van der Waals surface area contributed by atoms with Crippen LogP contribution in [0.2, 0.25) is 0 Å². The van der Waals surface area contributed by atoms with Gasteiger partial charge in [-0.3, -0.25) is 4.79 Å². The van der Waals surface area contributed by atoms with E-state index in [-0.39, 0.29) is 35.6 Å². The van der Waals surface area contributed by atoms with Gasteiger partial charge in [-0.25, -0.2) is 8.42 Å². The van der Waals surface area contributed by atoms with Crippen molar-refractivity contribution in [3.8, 4) is 0 Å². The summed E-state index contributed by atoms with van der Waals surface area (Å²) in [6.07, 6.45) is 4.33. The molecule has 1 N–H and O–H groups in total. The number of aromatic nitrogens is 1. The Morgan fingerprint density at radius 2 is 1.79 bits per heavy atom. The van der Waals surface area contributed by atoms with Crippen LogP contribution >= 0.6 is 0 Å². The van der Waals surface area contributed by atoms with Crippen LogP contribution in [0.3, 0.4) is 0 Å². The van der Waals surface area contributed by atoms with E-state index in [1.807, 2.05) is 50.2 Å². The van der Waals surface area contributed by atoms with Crippen molar-refractivity contribution in [2.24, 2.45) is 5.92 Å². The van der Waals surface area contributed by atoms with Gasteiger partial charge < -0.3 is 14.3 Å². The molecule has 0 atom stereocenters. The van der Waals surface area contributed by atoms with Gasteiger partial charge in [0.2, 0.25) is 15.9 Å². The normalized spacial score (nSPS) is 15.7. The van der Waals surface area contributed by atoms with Crippen molar-refractivity contribution in [1.29, 1.82) is 0 Å². The molecule has 1 aliphatic heterocycles. The van der Waals surface area contributed by atoms with E-state index >= 15 is 0 Å². The maximum Gasteiger partial charge on any atom is 0.248 e.